The summed E-state index contributed by atoms with van der Waals surface area (Å²) in [5.74, 6) is 1.31. The largest absolute Gasteiger partial charge is 0.496 e. The first kappa shape index (κ1) is 22.3. The number of hydrogen-bond acceptors (Lipinski definition) is 6. The molecule has 1 amide bonds. The molecule has 156 valence electrons. The van der Waals surface area contributed by atoms with E-state index in [9.17, 15) is 4.79 Å². The van der Waals surface area contributed by atoms with Crippen LogP contribution in [0.3, 0.4) is 0 Å². The molecule has 1 heterocycles. The van der Waals surface area contributed by atoms with E-state index in [1.807, 2.05) is 54.0 Å². The van der Waals surface area contributed by atoms with Crippen molar-refractivity contribution in [3.8, 4) is 17.1 Å². The summed E-state index contributed by atoms with van der Waals surface area (Å²) in [4.78, 5) is 12.2. The van der Waals surface area contributed by atoms with Crippen LogP contribution in [0.4, 0.5) is 0 Å². The summed E-state index contributed by atoms with van der Waals surface area (Å²) < 4.78 is 8.13. The van der Waals surface area contributed by atoms with E-state index in [-0.39, 0.29) is 11.7 Å². The number of rotatable bonds is 8. The molecule has 1 N–H and O–H groups in total. The first-order valence-electron chi connectivity index (χ1n) is 8.99. The van der Waals surface area contributed by atoms with Crippen LogP contribution in [0.1, 0.15) is 12.5 Å². The van der Waals surface area contributed by atoms with Gasteiger partial charge in [-0.1, -0.05) is 39.3 Å². The van der Waals surface area contributed by atoms with Gasteiger partial charge in [-0.2, -0.15) is 5.10 Å². The van der Waals surface area contributed by atoms with E-state index >= 15 is 0 Å². The maximum atomic E-state index is 12.2. The summed E-state index contributed by atoms with van der Waals surface area (Å²) >= 11 is 10.7. The van der Waals surface area contributed by atoms with Gasteiger partial charge in [0.1, 0.15) is 5.75 Å². The van der Waals surface area contributed by atoms with Crippen LogP contribution in [-0.4, -0.2) is 39.7 Å². The van der Waals surface area contributed by atoms with Crippen LogP contribution in [-0.2, 0) is 11.3 Å². The van der Waals surface area contributed by atoms with Crippen molar-refractivity contribution in [3.63, 3.8) is 0 Å². The SMILES string of the molecule is CCn1c(SCC(=O)N/N=C/c2cc(Br)ccc2OC)nnc1-c1ccc(Cl)cc1. The molecule has 7 nitrogen and oxygen atoms in total. The lowest BCUT2D eigenvalue weighted by Gasteiger charge is -2.07. The summed E-state index contributed by atoms with van der Waals surface area (Å²) in [6.07, 6.45) is 1.54. The number of thioether (sulfide) groups is 1. The van der Waals surface area contributed by atoms with Crippen molar-refractivity contribution in [1.82, 2.24) is 20.2 Å². The van der Waals surface area contributed by atoms with Crippen molar-refractivity contribution in [2.75, 3.05) is 12.9 Å². The lowest BCUT2D eigenvalue weighted by Crippen LogP contribution is -2.20. The van der Waals surface area contributed by atoms with Gasteiger partial charge in [-0.05, 0) is 49.4 Å². The highest BCUT2D eigenvalue weighted by molar-refractivity contribution is 9.10. The van der Waals surface area contributed by atoms with Gasteiger partial charge in [0.15, 0.2) is 11.0 Å². The van der Waals surface area contributed by atoms with E-state index in [1.165, 1.54) is 11.8 Å². The van der Waals surface area contributed by atoms with Crippen molar-refractivity contribution in [2.24, 2.45) is 5.10 Å². The normalized spacial score (nSPS) is 11.1. The van der Waals surface area contributed by atoms with E-state index in [1.54, 1.807) is 13.3 Å². The number of hydrazone groups is 1. The molecule has 0 bridgehead atoms. The number of methoxy groups -OCH3 is 1. The molecule has 0 aliphatic rings. The van der Waals surface area contributed by atoms with Crippen LogP contribution >= 0.6 is 39.3 Å². The molecule has 30 heavy (non-hydrogen) atoms. The Bertz CT molecular complexity index is 1060. The van der Waals surface area contributed by atoms with Crippen LogP contribution in [0.5, 0.6) is 5.75 Å². The van der Waals surface area contributed by atoms with E-state index < -0.39 is 0 Å². The Labute approximate surface area is 192 Å². The molecule has 0 unspecified atom stereocenters. The van der Waals surface area contributed by atoms with Crippen LogP contribution in [0.15, 0.2) is 57.2 Å². The first-order chi connectivity index (χ1) is 14.5. The van der Waals surface area contributed by atoms with Crippen LogP contribution < -0.4 is 10.2 Å². The molecule has 0 aliphatic carbocycles. The number of aromatic nitrogens is 3. The third-order valence-electron chi connectivity index (χ3n) is 4.05. The molecule has 0 atom stereocenters. The van der Waals surface area contributed by atoms with E-state index in [4.69, 9.17) is 16.3 Å². The van der Waals surface area contributed by atoms with Gasteiger partial charge in [0.2, 0.25) is 0 Å². The average molecular weight is 509 g/mol. The van der Waals surface area contributed by atoms with Crippen molar-refractivity contribution >= 4 is 51.4 Å². The zero-order valence-electron chi connectivity index (χ0n) is 16.3. The van der Waals surface area contributed by atoms with Crippen molar-refractivity contribution < 1.29 is 9.53 Å². The summed E-state index contributed by atoms with van der Waals surface area (Å²) in [6.45, 7) is 2.68. The smallest absolute Gasteiger partial charge is 0.250 e. The molecule has 10 heteroatoms. The fraction of sp³-hybridized carbons (Fsp3) is 0.200. The second-order valence-electron chi connectivity index (χ2n) is 6.03. The maximum absolute atomic E-state index is 12.2. The summed E-state index contributed by atoms with van der Waals surface area (Å²) in [6, 6.07) is 12.9. The number of benzene rings is 2. The molecule has 0 fully saturated rings. The number of nitrogens with one attached hydrogen (secondary N) is 1. The average Bonchev–Trinajstić information content (AvgIpc) is 3.16. The van der Waals surface area contributed by atoms with Crippen molar-refractivity contribution in [2.45, 2.75) is 18.6 Å². The van der Waals surface area contributed by atoms with Gasteiger partial charge in [0, 0.05) is 27.2 Å². The Hall–Kier alpha value is -2.36. The molecule has 0 aliphatic heterocycles. The Morgan fingerprint density at radius 1 is 1.30 bits per heavy atom. The van der Waals surface area contributed by atoms with Crippen molar-refractivity contribution in [1.29, 1.82) is 0 Å². The lowest BCUT2D eigenvalue weighted by molar-refractivity contribution is -0.118. The molecule has 3 aromatic rings. The molecular weight excluding hydrogens is 490 g/mol. The number of amides is 1. The number of carbonyl (C=O) groups is 1. The molecule has 3 rings (SSSR count). The zero-order valence-corrected chi connectivity index (χ0v) is 19.5. The lowest BCUT2D eigenvalue weighted by atomic mass is 10.2. The molecule has 0 saturated heterocycles. The quantitative estimate of drug-likeness (QED) is 0.272. The topological polar surface area (TPSA) is 81.4 Å². The van der Waals surface area contributed by atoms with Gasteiger partial charge in [0.25, 0.3) is 5.91 Å². The number of halogens is 2. The summed E-state index contributed by atoms with van der Waals surface area (Å²) in [5.41, 5.74) is 4.18. The molecule has 0 spiro atoms. The minimum Gasteiger partial charge on any atom is -0.496 e. The fourth-order valence-corrected chi connectivity index (χ4v) is 3.93. The Balaban J connectivity index is 1.61. The van der Waals surface area contributed by atoms with E-state index in [0.717, 1.165) is 21.4 Å². The summed E-state index contributed by atoms with van der Waals surface area (Å²) in [5, 5.41) is 13.8. The monoisotopic (exact) mass is 507 g/mol. The number of hydrogen-bond donors (Lipinski definition) is 1. The van der Waals surface area contributed by atoms with Gasteiger partial charge >= 0.3 is 0 Å². The second kappa shape index (κ2) is 10.6. The highest BCUT2D eigenvalue weighted by Crippen LogP contribution is 2.25. The predicted molar refractivity (Wildman–Crippen MR) is 123 cm³/mol. The third-order valence-corrected chi connectivity index (χ3v) is 5.76. The minimum atomic E-state index is -0.246. The third kappa shape index (κ3) is 5.62. The van der Waals surface area contributed by atoms with E-state index in [2.05, 4.69) is 36.7 Å². The van der Waals surface area contributed by atoms with Crippen LogP contribution in [0, 0.1) is 0 Å². The maximum Gasteiger partial charge on any atom is 0.250 e. The van der Waals surface area contributed by atoms with Gasteiger partial charge in [-0.25, -0.2) is 5.43 Å². The van der Waals surface area contributed by atoms with Gasteiger partial charge in [-0.3, -0.25) is 4.79 Å². The van der Waals surface area contributed by atoms with Crippen LogP contribution in [0.2, 0.25) is 5.02 Å². The number of nitrogens with zero attached hydrogens (tertiary/aromatic N) is 4. The van der Waals surface area contributed by atoms with Gasteiger partial charge in [-0.15, -0.1) is 10.2 Å². The van der Waals surface area contributed by atoms with Gasteiger partial charge < -0.3 is 9.30 Å². The second-order valence-corrected chi connectivity index (χ2v) is 8.32. The molecule has 2 aromatic carbocycles. The van der Waals surface area contributed by atoms with Crippen molar-refractivity contribution in [3.05, 3.63) is 57.5 Å². The number of carbonyl (C=O) groups excluding carboxylic acids is 1. The molecule has 0 radical (unpaired) electrons. The van der Waals surface area contributed by atoms with Crippen LogP contribution in [0.25, 0.3) is 11.4 Å². The highest BCUT2D eigenvalue weighted by Gasteiger charge is 2.14. The first-order valence-corrected chi connectivity index (χ1v) is 11.1. The Morgan fingerprint density at radius 2 is 2.07 bits per heavy atom. The van der Waals surface area contributed by atoms with Gasteiger partial charge in [0.05, 0.1) is 19.1 Å². The molecule has 1 aromatic heterocycles. The highest BCUT2D eigenvalue weighted by atomic mass is 79.9. The minimum absolute atomic E-state index is 0.158. The fourth-order valence-electron chi connectivity index (χ4n) is 2.64. The number of ether oxygens (including phenoxy) is 1. The van der Waals surface area contributed by atoms with E-state index in [0.29, 0.717) is 22.5 Å². The predicted octanol–water partition coefficient (Wildman–Crippen LogP) is 4.63. The summed E-state index contributed by atoms with van der Waals surface area (Å²) in [7, 11) is 1.58. The zero-order chi connectivity index (χ0) is 21.5. The standard InChI is InChI=1S/C20H19BrClN5O2S/c1-3-27-19(13-4-7-16(22)8-5-13)25-26-20(27)30-12-18(28)24-23-11-14-10-15(21)6-9-17(14)29-2/h4-11H,3,12H2,1-2H3,(H,24,28)/b23-11+. The molecule has 0 saturated carbocycles. The molecular formula is C20H19BrClN5O2S. The Morgan fingerprint density at radius 3 is 2.77 bits per heavy atom. The Kier molecular flexibility index (Phi) is 7.89.